The quantitative estimate of drug-likeness (QED) is 0.772. The van der Waals surface area contributed by atoms with E-state index in [0.29, 0.717) is 24.6 Å². The van der Waals surface area contributed by atoms with Gasteiger partial charge in [-0.3, -0.25) is 0 Å². The van der Waals surface area contributed by atoms with Crippen molar-refractivity contribution in [3.63, 3.8) is 0 Å². The predicted octanol–water partition coefficient (Wildman–Crippen LogP) is 2.17. The summed E-state index contributed by atoms with van der Waals surface area (Å²) >= 11 is 0. The van der Waals surface area contributed by atoms with Crippen LogP contribution in [0.3, 0.4) is 0 Å². The van der Waals surface area contributed by atoms with E-state index < -0.39 is 12.3 Å². The number of alkyl halides is 3. The number of hydrogen-bond donors (Lipinski definition) is 1. The number of hydrogen-bond acceptors (Lipinski definition) is 4. The zero-order valence-electron chi connectivity index (χ0n) is 8.50. The van der Waals surface area contributed by atoms with Crippen LogP contribution in [0.5, 0.6) is 5.75 Å². The van der Waals surface area contributed by atoms with Gasteiger partial charge in [0.25, 0.3) is 0 Å². The molecule has 0 unspecified atom stereocenters. The first-order valence-electron chi connectivity index (χ1n) is 4.76. The molecule has 1 heterocycles. The van der Waals surface area contributed by atoms with Crippen LogP contribution in [0.4, 0.5) is 18.9 Å². The van der Waals surface area contributed by atoms with Gasteiger partial charge in [-0.05, 0) is 18.2 Å². The first-order valence-corrected chi connectivity index (χ1v) is 4.76. The predicted molar refractivity (Wildman–Crippen MR) is 51.9 cm³/mol. The van der Waals surface area contributed by atoms with Crippen LogP contribution in [0.25, 0.3) is 0 Å². The van der Waals surface area contributed by atoms with Gasteiger partial charge >= 0.3 is 12.3 Å². The molecule has 1 N–H and O–H groups in total. The molecule has 1 aromatic rings. The number of carbonyl (C=O) groups is 1. The van der Waals surface area contributed by atoms with E-state index in [-0.39, 0.29) is 5.56 Å². The lowest BCUT2D eigenvalue weighted by Gasteiger charge is -2.19. The molecule has 7 heteroatoms. The van der Waals surface area contributed by atoms with E-state index in [2.05, 4.69) is 10.1 Å². The Kier molecular flexibility index (Phi) is 2.83. The normalized spacial score (nSPS) is 14.3. The molecule has 0 saturated carbocycles. The van der Waals surface area contributed by atoms with Gasteiger partial charge in [-0.2, -0.15) is 0 Å². The van der Waals surface area contributed by atoms with E-state index >= 15 is 0 Å². The third-order valence-electron chi connectivity index (χ3n) is 2.10. The highest BCUT2D eigenvalue weighted by Crippen LogP contribution is 2.29. The minimum absolute atomic E-state index is 0.181. The zero-order valence-corrected chi connectivity index (χ0v) is 8.50. The summed E-state index contributed by atoms with van der Waals surface area (Å²) in [5, 5.41) is 2.91. The van der Waals surface area contributed by atoms with Gasteiger partial charge in [0.1, 0.15) is 12.4 Å². The number of carbonyl (C=O) groups excluding carboxylic acids is 1. The Morgan fingerprint density at radius 2 is 2.18 bits per heavy atom. The lowest BCUT2D eigenvalue weighted by Crippen LogP contribution is -2.21. The molecule has 0 atom stereocenters. The third kappa shape index (κ3) is 2.80. The van der Waals surface area contributed by atoms with Crippen LogP contribution >= 0.6 is 0 Å². The largest absolute Gasteiger partial charge is 0.575 e. The molecule has 1 aliphatic rings. The van der Waals surface area contributed by atoms with Crippen molar-refractivity contribution in [3.8, 4) is 5.75 Å². The van der Waals surface area contributed by atoms with Gasteiger partial charge in [0.15, 0.2) is 0 Å². The number of esters is 1. The molecule has 0 saturated heterocycles. The fourth-order valence-electron chi connectivity index (χ4n) is 1.43. The topological polar surface area (TPSA) is 47.6 Å². The van der Waals surface area contributed by atoms with Crippen molar-refractivity contribution in [2.75, 3.05) is 18.5 Å². The number of nitrogens with one attached hydrogen (secondary N) is 1. The van der Waals surface area contributed by atoms with Gasteiger partial charge < -0.3 is 14.8 Å². The summed E-state index contributed by atoms with van der Waals surface area (Å²) in [6.45, 7) is 1.00. The van der Waals surface area contributed by atoms with Crippen molar-refractivity contribution < 1.29 is 27.4 Å². The van der Waals surface area contributed by atoms with E-state index in [1.165, 1.54) is 18.2 Å². The number of fused-ring (bicyclic) bond motifs is 1. The fourth-order valence-corrected chi connectivity index (χ4v) is 1.43. The lowest BCUT2D eigenvalue weighted by molar-refractivity contribution is -0.291. The molecule has 0 radical (unpaired) electrons. The number of anilines is 1. The second-order valence-corrected chi connectivity index (χ2v) is 3.32. The highest BCUT2D eigenvalue weighted by Gasteiger charge is 2.34. The van der Waals surface area contributed by atoms with Crippen molar-refractivity contribution >= 4 is 11.7 Å². The van der Waals surface area contributed by atoms with Crippen LogP contribution in [-0.4, -0.2) is 25.5 Å². The van der Waals surface area contributed by atoms with Gasteiger partial charge in [0.05, 0.1) is 11.3 Å². The van der Waals surface area contributed by atoms with Crippen LogP contribution < -0.4 is 10.1 Å². The van der Waals surface area contributed by atoms with Crippen molar-refractivity contribution in [1.29, 1.82) is 0 Å². The van der Waals surface area contributed by atoms with Crippen molar-refractivity contribution in [3.05, 3.63) is 23.8 Å². The standard InChI is InChI=1S/C10H8F3NO3/c11-10(12,13)17-9(15)6-1-2-8-7(5-6)14-3-4-16-8/h1-2,5,14H,3-4H2. The zero-order chi connectivity index (χ0) is 12.5. The van der Waals surface area contributed by atoms with Crippen molar-refractivity contribution in [2.24, 2.45) is 0 Å². The Labute approximate surface area is 94.3 Å². The van der Waals surface area contributed by atoms with Gasteiger partial charge in [0, 0.05) is 6.54 Å². The maximum atomic E-state index is 11.8. The SMILES string of the molecule is O=C(OC(F)(F)F)c1ccc2c(c1)NCCO2. The van der Waals surface area contributed by atoms with E-state index in [4.69, 9.17) is 4.74 Å². The summed E-state index contributed by atoms with van der Waals surface area (Å²) in [4.78, 5) is 11.1. The number of benzene rings is 1. The molecule has 4 nitrogen and oxygen atoms in total. The van der Waals surface area contributed by atoms with Gasteiger partial charge in [-0.1, -0.05) is 0 Å². The molecular weight excluding hydrogens is 239 g/mol. The van der Waals surface area contributed by atoms with Crippen molar-refractivity contribution in [1.82, 2.24) is 0 Å². The van der Waals surface area contributed by atoms with Crippen LogP contribution in [0.2, 0.25) is 0 Å². The summed E-state index contributed by atoms with van der Waals surface area (Å²) in [6.07, 6.45) is -4.98. The Morgan fingerprint density at radius 3 is 2.88 bits per heavy atom. The van der Waals surface area contributed by atoms with Crippen LogP contribution in [0, 0.1) is 0 Å². The third-order valence-corrected chi connectivity index (χ3v) is 2.10. The molecule has 2 rings (SSSR count). The van der Waals surface area contributed by atoms with Gasteiger partial charge in [-0.25, -0.2) is 4.79 Å². The van der Waals surface area contributed by atoms with E-state index in [0.717, 1.165) is 0 Å². The Morgan fingerprint density at radius 1 is 1.41 bits per heavy atom. The molecule has 0 fully saturated rings. The van der Waals surface area contributed by atoms with E-state index in [9.17, 15) is 18.0 Å². The Bertz CT molecular complexity index is 445. The minimum Gasteiger partial charge on any atom is -0.490 e. The summed E-state index contributed by atoms with van der Waals surface area (Å²) < 4.78 is 44.1. The number of halogens is 3. The lowest BCUT2D eigenvalue weighted by atomic mass is 10.1. The van der Waals surface area contributed by atoms with Gasteiger partial charge in [0.2, 0.25) is 0 Å². The smallest absolute Gasteiger partial charge is 0.490 e. The average molecular weight is 247 g/mol. The second-order valence-electron chi connectivity index (χ2n) is 3.32. The summed E-state index contributed by atoms with van der Waals surface area (Å²) in [5.74, 6) is -0.938. The molecule has 17 heavy (non-hydrogen) atoms. The van der Waals surface area contributed by atoms with E-state index in [1.807, 2.05) is 0 Å². The van der Waals surface area contributed by atoms with Crippen LogP contribution in [0.15, 0.2) is 18.2 Å². The maximum Gasteiger partial charge on any atom is 0.575 e. The van der Waals surface area contributed by atoms with Crippen LogP contribution in [-0.2, 0) is 4.74 Å². The molecule has 1 aromatic carbocycles. The molecule has 0 aromatic heterocycles. The molecule has 92 valence electrons. The van der Waals surface area contributed by atoms with Crippen molar-refractivity contribution in [2.45, 2.75) is 6.36 Å². The monoisotopic (exact) mass is 247 g/mol. The van der Waals surface area contributed by atoms with Gasteiger partial charge in [-0.15, -0.1) is 13.2 Å². The maximum absolute atomic E-state index is 11.8. The molecule has 1 aliphatic heterocycles. The molecule has 0 bridgehead atoms. The number of rotatable bonds is 1. The summed E-state index contributed by atoms with van der Waals surface area (Å²) in [7, 11) is 0. The van der Waals surface area contributed by atoms with Crippen LogP contribution in [0.1, 0.15) is 10.4 Å². The second kappa shape index (κ2) is 4.15. The first-order chi connectivity index (χ1) is 7.96. The summed E-state index contributed by atoms with van der Waals surface area (Å²) in [6, 6.07) is 3.91. The summed E-state index contributed by atoms with van der Waals surface area (Å²) in [5.41, 5.74) is 0.298. The first kappa shape index (κ1) is 11.6. The number of ether oxygens (including phenoxy) is 2. The minimum atomic E-state index is -4.98. The molecule has 0 spiro atoms. The molecule has 0 amide bonds. The Hall–Kier alpha value is -1.92. The average Bonchev–Trinajstić information content (AvgIpc) is 2.26. The molecular formula is C10H8F3NO3. The Balaban J connectivity index is 2.19. The highest BCUT2D eigenvalue weighted by molar-refractivity contribution is 5.91. The highest BCUT2D eigenvalue weighted by atomic mass is 19.4. The fraction of sp³-hybridized carbons (Fsp3) is 0.300. The molecule has 0 aliphatic carbocycles. The van der Waals surface area contributed by atoms with E-state index in [1.54, 1.807) is 0 Å².